The molecule has 0 aliphatic rings. The fraction of sp³-hybridized carbons (Fsp3) is 0.158. The number of anilines is 1. The van der Waals surface area contributed by atoms with Gasteiger partial charge in [0.15, 0.2) is 0 Å². The average Bonchev–Trinajstić information content (AvgIpc) is 2.65. The van der Waals surface area contributed by atoms with Crippen molar-refractivity contribution in [3.63, 3.8) is 0 Å². The number of alkyl halides is 3. The number of halogens is 3. The van der Waals surface area contributed by atoms with Crippen molar-refractivity contribution in [2.75, 3.05) is 5.32 Å². The summed E-state index contributed by atoms with van der Waals surface area (Å²) in [6.07, 6.45) is -1.71. The molecule has 0 saturated heterocycles. The Kier molecular flexibility index (Phi) is 5.25. The second kappa shape index (κ2) is 7.63. The topological polar surface area (TPSA) is 87.7 Å². The van der Waals surface area contributed by atoms with Crippen LogP contribution in [0.3, 0.4) is 0 Å². The molecular formula is C19H15F3N4O2. The first-order valence-electron chi connectivity index (χ1n) is 8.21. The van der Waals surface area contributed by atoms with E-state index < -0.39 is 23.2 Å². The highest BCUT2D eigenvalue weighted by molar-refractivity contribution is 5.92. The summed E-state index contributed by atoms with van der Waals surface area (Å²) in [6, 6.07) is 7.70. The minimum atomic E-state index is -4.51. The van der Waals surface area contributed by atoms with Gasteiger partial charge in [-0.2, -0.15) is 13.2 Å². The first-order chi connectivity index (χ1) is 13.2. The fourth-order valence-corrected chi connectivity index (χ4v) is 2.60. The summed E-state index contributed by atoms with van der Waals surface area (Å²) in [4.78, 5) is 35.4. The summed E-state index contributed by atoms with van der Waals surface area (Å²) in [6.45, 7) is 1.59. The first-order valence-corrected chi connectivity index (χ1v) is 8.21. The molecule has 0 saturated carbocycles. The van der Waals surface area contributed by atoms with E-state index in [1.165, 1.54) is 18.3 Å². The van der Waals surface area contributed by atoms with E-state index in [0.717, 1.165) is 12.1 Å². The van der Waals surface area contributed by atoms with Crippen LogP contribution in [-0.4, -0.2) is 20.9 Å². The molecule has 2 heterocycles. The number of hydrogen-bond acceptors (Lipinski definition) is 4. The highest BCUT2D eigenvalue weighted by Gasteiger charge is 2.30. The highest BCUT2D eigenvalue weighted by atomic mass is 19.4. The quantitative estimate of drug-likeness (QED) is 0.718. The molecular weight excluding hydrogens is 373 g/mol. The molecule has 1 aromatic carbocycles. The monoisotopic (exact) mass is 388 g/mol. The second-order valence-corrected chi connectivity index (χ2v) is 6.02. The van der Waals surface area contributed by atoms with Crippen LogP contribution >= 0.6 is 0 Å². The Morgan fingerprint density at radius 3 is 2.64 bits per heavy atom. The van der Waals surface area contributed by atoms with Crippen molar-refractivity contribution >= 4 is 11.6 Å². The number of benzene rings is 1. The van der Waals surface area contributed by atoms with Crippen molar-refractivity contribution in [1.82, 2.24) is 15.0 Å². The minimum Gasteiger partial charge on any atom is -0.326 e. The van der Waals surface area contributed by atoms with E-state index in [1.54, 1.807) is 25.3 Å². The van der Waals surface area contributed by atoms with E-state index >= 15 is 0 Å². The molecule has 2 aromatic heterocycles. The van der Waals surface area contributed by atoms with Gasteiger partial charge < -0.3 is 10.3 Å². The van der Waals surface area contributed by atoms with E-state index in [1.807, 2.05) is 0 Å². The zero-order valence-electron chi connectivity index (χ0n) is 14.7. The number of carbonyl (C=O) groups is 1. The number of nitrogens with zero attached hydrogens (tertiary/aromatic N) is 2. The Balaban J connectivity index is 1.79. The Bertz CT molecular complexity index is 1060. The van der Waals surface area contributed by atoms with Crippen LogP contribution in [-0.2, 0) is 17.4 Å². The van der Waals surface area contributed by atoms with Crippen LogP contribution < -0.4 is 10.9 Å². The number of hydrogen-bond donors (Lipinski definition) is 2. The van der Waals surface area contributed by atoms with Crippen molar-refractivity contribution in [2.45, 2.75) is 19.5 Å². The molecule has 0 bridgehead atoms. The van der Waals surface area contributed by atoms with Crippen LogP contribution in [0.2, 0.25) is 0 Å². The molecule has 0 radical (unpaired) electrons. The van der Waals surface area contributed by atoms with Gasteiger partial charge in [-0.25, -0.2) is 4.98 Å². The predicted octanol–water partition coefficient (Wildman–Crippen LogP) is 3.34. The number of pyridine rings is 1. The van der Waals surface area contributed by atoms with Gasteiger partial charge in [0, 0.05) is 34.9 Å². The molecule has 3 rings (SSSR count). The van der Waals surface area contributed by atoms with E-state index in [2.05, 4.69) is 20.3 Å². The third-order valence-corrected chi connectivity index (χ3v) is 3.97. The van der Waals surface area contributed by atoms with Gasteiger partial charge in [0.25, 0.3) is 5.56 Å². The Hall–Kier alpha value is -3.49. The molecule has 9 heteroatoms. The fourth-order valence-electron chi connectivity index (χ4n) is 2.60. The molecule has 0 spiro atoms. The largest absolute Gasteiger partial charge is 0.416 e. The summed E-state index contributed by atoms with van der Waals surface area (Å²) >= 11 is 0. The van der Waals surface area contributed by atoms with Gasteiger partial charge in [0.2, 0.25) is 5.91 Å². The lowest BCUT2D eigenvalue weighted by atomic mass is 10.1. The minimum absolute atomic E-state index is 0.00570. The number of carbonyl (C=O) groups excluding carboxylic acids is 1. The molecule has 0 unspecified atom stereocenters. The van der Waals surface area contributed by atoms with E-state index in [9.17, 15) is 22.8 Å². The van der Waals surface area contributed by atoms with Crippen LogP contribution in [0, 0.1) is 6.92 Å². The molecule has 0 fully saturated rings. The van der Waals surface area contributed by atoms with Crippen LogP contribution in [0.5, 0.6) is 0 Å². The Morgan fingerprint density at radius 1 is 1.21 bits per heavy atom. The third kappa shape index (κ3) is 4.43. The zero-order chi connectivity index (χ0) is 20.3. The normalized spacial score (nSPS) is 11.3. The number of aromatic amines is 1. The number of amides is 1. The summed E-state index contributed by atoms with van der Waals surface area (Å²) in [5, 5.41) is 2.37. The van der Waals surface area contributed by atoms with Crippen molar-refractivity contribution in [1.29, 1.82) is 0 Å². The van der Waals surface area contributed by atoms with Gasteiger partial charge in [0.1, 0.15) is 5.82 Å². The van der Waals surface area contributed by atoms with E-state index in [0.29, 0.717) is 17.1 Å². The second-order valence-electron chi connectivity index (χ2n) is 6.02. The van der Waals surface area contributed by atoms with Gasteiger partial charge in [-0.15, -0.1) is 0 Å². The van der Waals surface area contributed by atoms with Crippen LogP contribution in [0.25, 0.3) is 11.4 Å². The van der Waals surface area contributed by atoms with Crippen LogP contribution in [0.4, 0.5) is 18.9 Å². The lowest BCUT2D eigenvalue weighted by Gasteiger charge is -2.10. The van der Waals surface area contributed by atoms with Crippen molar-refractivity contribution in [3.8, 4) is 11.4 Å². The molecule has 0 atom stereocenters. The van der Waals surface area contributed by atoms with Crippen LogP contribution in [0.1, 0.15) is 16.8 Å². The lowest BCUT2D eigenvalue weighted by molar-refractivity contribution is -0.137. The zero-order valence-corrected chi connectivity index (χ0v) is 14.7. The number of nitrogens with one attached hydrogen (secondary N) is 2. The maximum absolute atomic E-state index is 12.8. The molecule has 3 aromatic rings. The Morgan fingerprint density at radius 2 is 2.00 bits per heavy atom. The summed E-state index contributed by atoms with van der Waals surface area (Å²) in [5.74, 6) is -0.304. The van der Waals surface area contributed by atoms with Gasteiger partial charge >= 0.3 is 6.18 Å². The summed E-state index contributed by atoms with van der Waals surface area (Å²) < 4.78 is 38.3. The smallest absolute Gasteiger partial charge is 0.326 e. The molecule has 0 aliphatic heterocycles. The van der Waals surface area contributed by atoms with Crippen LogP contribution in [0.15, 0.2) is 53.6 Å². The van der Waals surface area contributed by atoms with E-state index in [4.69, 9.17) is 0 Å². The molecule has 0 aliphatic carbocycles. The first kappa shape index (κ1) is 19.3. The molecule has 28 heavy (non-hydrogen) atoms. The standard InChI is InChI=1S/C19H15F3N4O2/c1-11-15(18(28)26-17(24-11)12-4-3-7-23-10-12)9-16(27)25-14-6-2-5-13(8-14)19(20,21)22/h2-8,10H,9H2,1H3,(H,25,27)(H,24,26,28). The van der Waals surface area contributed by atoms with Gasteiger partial charge in [0.05, 0.1) is 12.0 Å². The maximum Gasteiger partial charge on any atom is 0.416 e. The number of aromatic nitrogens is 3. The summed E-state index contributed by atoms with van der Waals surface area (Å²) in [5.41, 5.74) is -0.275. The lowest BCUT2D eigenvalue weighted by Crippen LogP contribution is -2.24. The number of rotatable bonds is 4. The third-order valence-electron chi connectivity index (χ3n) is 3.97. The van der Waals surface area contributed by atoms with Gasteiger partial charge in [-0.3, -0.25) is 14.6 Å². The SMILES string of the molecule is Cc1nc(-c2cccnc2)[nH]c(=O)c1CC(=O)Nc1cccc(C(F)(F)F)c1. The molecule has 144 valence electrons. The Labute approximate surface area is 157 Å². The predicted molar refractivity (Wildman–Crippen MR) is 96.6 cm³/mol. The van der Waals surface area contributed by atoms with E-state index in [-0.39, 0.29) is 17.7 Å². The van der Waals surface area contributed by atoms with Crippen molar-refractivity contribution in [3.05, 3.63) is 76.0 Å². The molecule has 6 nitrogen and oxygen atoms in total. The van der Waals surface area contributed by atoms with Gasteiger partial charge in [-0.1, -0.05) is 6.07 Å². The van der Waals surface area contributed by atoms with Crippen molar-refractivity contribution < 1.29 is 18.0 Å². The number of H-pyrrole nitrogens is 1. The van der Waals surface area contributed by atoms with Gasteiger partial charge in [-0.05, 0) is 37.3 Å². The highest BCUT2D eigenvalue weighted by Crippen LogP contribution is 2.30. The summed E-state index contributed by atoms with van der Waals surface area (Å²) in [7, 11) is 0. The molecule has 1 amide bonds. The van der Waals surface area contributed by atoms with Crippen molar-refractivity contribution in [2.24, 2.45) is 0 Å². The maximum atomic E-state index is 12.8. The molecule has 2 N–H and O–H groups in total. The number of aryl methyl sites for hydroxylation is 1. The average molecular weight is 388 g/mol.